The highest BCUT2D eigenvalue weighted by Gasteiger charge is 2.35. The molecular formula is C22H35F3NO4P. The van der Waals surface area contributed by atoms with Gasteiger partial charge in [-0.25, -0.2) is 0 Å². The molecule has 2 atom stereocenters. The molecule has 1 aliphatic carbocycles. The second kappa shape index (κ2) is 12.8. The van der Waals surface area contributed by atoms with E-state index in [1.807, 2.05) is 0 Å². The molecule has 2 unspecified atom stereocenters. The van der Waals surface area contributed by atoms with Crippen LogP contribution in [0.15, 0.2) is 18.2 Å². The molecule has 9 heteroatoms. The number of unbranched alkanes of at least 4 members (excludes halogenated alkanes) is 1. The first-order valence-corrected chi connectivity index (χ1v) is 12.0. The number of aliphatic hydroxyl groups excluding tert-OH is 1. The normalized spacial score (nSPS) is 17.8. The molecule has 1 saturated carbocycles. The fraction of sp³-hybridized carbons (Fsp3) is 0.727. The Hall–Kier alpha value is -1.08. The van der Waals surface area contributed by atoms with Crippen LogP contribution in [0.4, 0.5) is 13.2 Å². The summed E-state index contributed by atoms with van der Waals surface area (Å²) in [4.78, 5) is 0. The lowest BCUT2D eigenvalue weighted by Crippen LogP contribution is -2.47. The molecule has 0 aliphatic heterocycles. The number of hydrogen-bond donors (Lipinski definition) is 2. The van der Waals surface area contributed by atoms with Gasteiger partial charge in [0.15, 0.2) is 8.69 Å². The molecule has 0 bridgehead atoms. The van der Waals surface area contributed by atoms with Crippen LogP contribution in [0.25, 0.3) is 0 Å². The van der Waals surface area contributed by atoms with Gasteiger partial charge >= 0.3 is 6.18 Å². The van der Waals surface area contributed by atoms with Crippen molar-refractivity contribution in [1.29, 1.82) is 0 Å². The van der Waals surface area contributed by atoms with Gasteiger partial charge in [-0.3, -0.25) is 4.57 Å². The van der Waals surface area contributed by atoms with E-state index in [-0.39, 0.29) is 31.8 Å². The number of alkyl halides is 3. The molecule has 1 fully saturated rings. The molecule has 5 nitrogen and oxygen atoms in total. The lowest BCUT2D eigenvalue weighted by molar-refractivity contribution is -0.139. The quantitative estimate of drug-likeness (QED) is 0.311. The minimum atomic E-state index is -4.53. The van der Waals surface area contributed by atoms with Crippen LogP contribution >= 0.6 is 8.69 Å². The first-order valence-electron chi connectivity index (χ1n) is 11.1. The van der Waals surface area contributed by atoms with Crippen LogP contribution in [-0.2, 0) is 21.7 Å². The number of nitrogens with two attached hydrogens (primary N) is 1. The first kappa shape index (κ1) is 26.2. The van der Waals surface area contributed by atoms with Gasteiger partial charge in [0.05, 0.1) is 30.9 Å². The Balaban J connectivity index is 1.90. The third-order valence-corrected chi connectivity index (χ3v) is 6.31. The molecule has 0 radical (unpaired) electrons. The Morgan fingerprint density at radius 2 is 1.90 bits per heavy atom. The Kier molecular flexibility index (Phi) is 10.8. The summed E-state index contributed by atoms with van der Waals surface area (Å²) in [6.07, 6.45) is 5.16. The zero-order valence-corrected chi connectivity index (χ0v) is 19.1. The predicted octanol–water partition coefficient (Wildman–Crippen LogP) is 5.15. The highest BCUT2D eigenvalue weighted by atomic mass is 31.1. The molecular weight excluding hydrogens is 430 g/mol. The molecule has 0 spiro atoms. The van der Waals surface area contributed by atoms with Gasteiger partial charge in [-0.15, -0.1) is 0 Å². The van der Waals surface area contributed by atoms with Gasteiger partial charge in [0.2, 0.25) is 0 Å². The fourth-order valence-electron chi connectivity index (χ4n) is 4.06. The third-order valence-electron chi connectivity index (χ3n) is 6.00. The number of rotatable bonds is 13. The molecule has 0 amide bonds. The summed E-state index contributed by atoms with van der Waals surface area (Å²) < 4.78 is 61.5. The number of benzene rings is 1. The van der Waals surface area contributed by atoms with Crippen LogP contribution in [0.1, 0.15) is 68.9 Å². The van der Waals surface area contributed by atoms with Crippen molar-refractivity contribution >= 4 is 8.69 Å². The van der Waals surface area contributed by atoms with Crippen molar-refractivity contribution in [3.63, 3.8) is 0 Å². The van der Waals surface area contributed by atoms with E-state index in [0.717, 1.165) is 31.2 Å². The number of aryl methyl sites for hydroxylation is 1. The van der Waals surface area contributed by atoms with Gasteiger partial charge in [-0.1, -0.05) is 44.6 Å². The highest BCUT2D eigenvalue weighted by Crippen LogP contribution is 2.37. The van der Waals surface area contributed by atoms with Crippen molar-refractivity contribution in [1.82, 2.24) is 0 Å². The van der Waals surface area contributed by atoms with Crippen molar-refractivity contribution < 1.29 is 32.1 Å². The lowest BCUT2D eigenvalue weighted by atomic mass is 9.86. The Morgan fingerprint density at radius 1 is 1.16 bits per heavy atom. The topological polar surface area (TPSA) is 81.8 Å². The lowest BCUT2D eigenvalue weighted by Gasteiger charge is -2.26. The molecule has 1 aromatic carbocycles. The van der Waals surface area contributed by atoms with Crippen LogP contribution in [-0.4, -0.2) is 30.5 Å². The van der Waals surface area contributed by atoms with E-state index in [1.54, 1.807) is 6.07 Å². The van der Waals surface area contributed by atoms with E-state index in [9.17, 15) is 22.8 Å². The Bertz CT molecular complexity index is 683. The van der Waals surface area contributed by atoms with E-state index in [4.69, 9.17) is 15.0 Å². The fourth-order valence-corrected chi connectivity index (χ4v) is 4.46. The summed E-state index contributed by atoms with van der Waals surface area (Å²) >= 11 is 0. The Labute approximate surface area is 183 Å². The van der Waals surface area contributed by atoms with Crippen LogP contribution in [0, 0.1) is 5.92 Å². The maximum Gasteiger partial charge on any atom is 0.419 e. The minimum absolute atomic E-state index is 0.115. The van der Waals surface area contributed by atoms with E-state index >= 15 is 0 Å². The van der Waals surface area contributed by atoms with Crippen molar-refractivity contribution in [3.05, 3.63) is 29.3 Å². The second-order valence-electron chi connectivity index (χ2n) is 8.60. The Morgan fingerprint density at radius 3 is 2.55 bits per heavy atom. The van der Waals surface area contributed by atoms with Gasteiger partial charge in [-0.2, -0.15) is 13.2 Å². The zero-order valence-electron chi connectivity index (χ0n) is 18.0. The number of halogens is 3. The molecule has 0 aromatic heterocycles. The largest absolute Gasteiger partial charge is 0.493 e. The number of hydrogen-bond acceptors (Lipinski definition) is 5. The summed E-state index contributed by atoms with van der Waals surface area (Å²) in [5.74, 6) is 0.598. The first-order chi connectivity index (χ1) is 14.8. The molecule has 2 rings (SSSR count). The number of ether oxygens (including phenoxy) is 1. The maximum absolute atomic E-state index is 13.6. The van der Waals surface area contributed by atoms with Gasteiger partial charge in [0.1, 0.15) is 5.75 Å². The van der Waals surface area contributed by atoms with E-state index < -0.39 is 32.6 Å². The van der Waals surface area contributed by atoms with Gasteiger partial charge in [0.25, 0.3) is 0 Å². The van der Waals surface area contributed by atoms with E-state index in [1.165, 1.54) is 38.2 Å². The maximum atomic E-state index is 13.6. The van der Waals surface area contributed by atoms with Crippen molar-refractivity contribution in [2.45, 2.75) is 75.9 Å². The average molecular weight is 465 g/mol. The predicted molar refractivity (Wildman–Crippen MR) is 116 cm³/mol. The molecule has 1 aromatic rings. The molecule has 31 heavy (non-hydrogen) atoms. The monoisotopic (exact) mass is 465 g/mol. The van der Waals surface area contributed by atoms with Crippen molar-refractivity contribution in [2.75, 3.05) is 19.8 Å². The molecule has 1 aliphatic rings. The summed E-state index contributed by atoms with van der Waals surface area (Å²) in [5, 5.41) is 9.44. The van der Waals surface area contributed by atoms with Crippen molar-refractivity contribution in [3.8, 4) is 5.75 Å². The SMILES string of the molecule is NC(CO)(CCc1ccc(OCCCCC2CCCCC2)c(C(F)(F)F)c1)CO[PH2]=O. The van der Waals surface area contributed by atoms with Gasteiger partial charge in [-0.05, 0) is 49.3 Å². The second-order valence-corrected chi connectivity index (χ2v) is 9.13. The summed E-state index contributed by atoms with van der Waals surface area (Å²) in [7, 11) is -1.46. The molecule has 178 valence electrons. The summed E-state index contributed by atoms with van der Waals surface area (Å²) in [6.45, 7) is -0.266. The van der Waals surface area contributed by atoms with E-state index in [2.05, 4.69) is 0 Å². The van der Waals surface area contributed by atoms with Crippen LogP contribution < -0.4 is 10.5 Å². The summed E-state index contributed by atoms with van der Waals surface area (Å²) in [5.41, 5.74) is 4.47. The third kappa shape index (κ3) is 9.13. The van der Waals surface area contributed by atoms with E-state index in [0.29, 0.717) is 5.56 Å². The highest BCUT2D eigenvalue weighted by molar-refractivity contribution is 7.17. The summed E-state index contributed by atoms with van der Waals surface area (Å²) in [6, 6.07) is 4.02. The molecule has 3 N–H and O–H groups in total. The molecule has 0 heterocycles. The smallest absolute Gasteiger partial charge is 0.419 e. The zero-order chi connectivity index (χ0) is 22.7. The van der Waals surface area contributed by atoms with Crippen molar-refractivity contribution in [2.24, 2.45) is 11.7 Å². The average Bonchev–Trinajstić information content (AvgIpc) is 2.76. The van der Waals surface area contributed by atoms with Gasteiger partial charge < -0.3 is 20.1 Å². The van der Waals surface area contributed by atoms with Crippen LogP contribution in [0.3, 0.4) is 0 Å². The van der Waals surface area contributed by atoms with Gasteiger partial charge in [0, 0.05) is 0 Å². The van der Waals surface area contributed by atoms with Crippen LogP contribution in [0.2, 0.25) is 0 Å². The molecule has 0 saturated heterocycles. The minimum Gasteiger partial charge on any atom is -0.493 e. The van der Waals surface area contributed by atoms with Crippen LogP contribution in [0.5, 0.6) is 5.75 Å². The standard InChI is InChI=1S/C22H35F3NO4P/c23-22(24,25)19-14-18(11-12-21(26,15-27)16-30-31-28)9-10-20(19)29-13-5-4-8-17-6-2-1-3-7-17/h9-10,14,17,27H,1-8,11-13,15-16,26,31H2. The number of aliphatic hydroxyl groups is 1.